The van der Waals surface area contributed by atoms with Crippen LogP contribution in [-0.2, 0) is 17.5 Å². The first-order chi connectivity index (χ1) is 14.7. The second kappa shape index (κ2) is 11.8. The molecule has 2 aliphatic heterocycles. The predicted octanol–water partition coefficient (Wildman–Crippen LogP) is 3.17. The number of aliphatic imine (C=N–C) groups is 1. The molecule has 0 aliphatic carbocycles. The molecule has 3 rings (SSSR count). The fraction of sp³-hybridized carbons (Fsp3) is 0.682. The summed E-state index contributed by atoms with van der Waals surface area (Å²) in [6, 6.07) is 5.70. The third-order valence-electron chi connectivity index (χ3n) is 6.08. The number of nitrogens with zero attached hydrogens (tertiary/aromatic N) is 3. The maximum Gasteiger partial charge on any atom is 0.416 e. The summed E-state index contributed by atoms with van der Waals surface area (Å²) in [5.74, 6) is 0.780. The lowest BCUT2D eigenvalue weighted by molar-refractivity contribution is -0.137. The number of morpholine rings is 1. The lowest BCUT2D eigenvalue weighted by atomic mass is 10.0. The average Bonchev–Trinajstić information content (AvgIpc) is 3.18. The smallest absolute Gasteiger partial charge is 0.379 e. The number of ether oxygens (including phenoxy) is 1. The van der Waals surface area contributed by atoms with Crippen LogP contribution in [0, 0.1) is 0 Å². The van der Waals surface area contributed by atoms with E-state index in [4.69, 9.17) is 4.74 Å². The van der Waals surface area contributed by atoms with Gasteiger partial charge in [-0.1, -0.05) is 12.1 Å². The average molecular weight is 569 g/mol. The fourth-order valence-corrected chi connectivity index (χ4v) is 4.12. The Morgan fingerprint density at radius 2 is 1.78 bits per heavy atom. The number of likely N-dealkylation sites (tertiary alicyclic amines) is 1. The summed E-state index contributed by atoms with van der Waals surface area (Å²) in [7, 11) is 1.77. The highest BCUT2D eigenvalue weighted by atomic mass is 127. The van der Waals surface area contributed by atoms with Crippen LogP contribution in [0.25, 0.3) is 0 Å². The zero-order valence-corrected chi connectivity index (χ0v) is 21.4. The molecular weight excluding hydrogens is 534 g/mol. The molecule has 182 valence electrons. The van der Waals surface area contributed by atoms with Crippen molar-refractivity contribution in [2.24, 2.45) is 4.99 Å². The normalized spacial score (nSPS) is 21.3. The molecule has 2 fully saturated rings. The number of nitrogens with one attached hydrogen (secondary N) is 2. The van der Waals surface area contributed by atoms with Crippen molar-refractivity contribution in [3.05, 3.63) is 35.4 Å². The number of guanidine groups is 1. The van der Waals surface area contributed by atoms with Crippen molar-refractivity contribution < 1.29 is 17.9 Å². The second-order valence-corrected chi connectivity index (χ2v) is 8.90. The van der Waals surface area contributed by atoms with Gasteiger partial charge in [0.25, 0.3) is 0 Å². The van der Waals surface area contributed by atoms with E-state index in [0.717, 1.165) is 76.0 Å². The van der Waals surface area contributed by atoms with E-state index in [0.29, 0.717) is 6.54 Å². The van der Waals surface area contributed by atoms with Crippen LogP contribution in [0.3, 0.4) is 0 Å². The van der Waals surface area contributed by atoms with Gasteiger partial charge < -0.3 is 15.4 Å². The van der Waals surface area contributed by atoms with E-state index in [-0.39, 0.29) is 35.6 Å². The van der Waals surface area contributed by atoms with Gasteiger partial charge in [-0.3, -0.25) is 14.8 Å². The van der Waals surface area contributed by atoms with E-state index >= 15 is 0 Å². The Balaban J connectivity index is 0.00000363. The topological polar surface area (TPSA) is 52.1 Å². The molecule has 0 spiro atoms. The second-order valence-electron chi connectivity index (χ2n) is 8.90. The molecule has 1 atom stereocenters. The van der Waals surface area contributed by atoms with E-state index < -0.39 is 11.7 Å². The minimum absolute atomic E-state index is 0. The minimum atomic E-state index is -4.29. The number of alkyl halides is 3. The summed E-state index contributed by atoms with van der Waals surface area (Å²) in [6.07, 6.45) is -3.32. The Morgan fingerprint density at radius 1 is 1.12 bits per heavy atom. The Kier molecular flexibility index (Phi) is 10.0. The molecule has 1 unspecified atom stereocenters. The van der Waals surface area contributed by atoms with Gasteiger partial charge in [0, 0.05) is 57.9 Å². The van der Waals surface area contributed by atoms with Crippen molar-refractivity contribution in [3.8, 4) is 0 Å². The van der Waals surface area contributed by atoms with E-state index in [1.165, 1.54) is 0 Å². The Morgan fingerprint density at radius 3 is 2.38 bits per heavy atom. The van der Waals surface area contributed by atoms with Gasteiger partial charge in [-0.2, -0.15) is 13.2 Å². The van der Waals surface area contributed by atoms with Crippen LogP contribution in [0.5, 0.6) is 0 Å². The van der Waals surface area contributed by atoms with Crippen molar-refractivity contribution in [3.63, 3.8) is 0 Å². The van der Waals surface area contributed by atoms with Crippen molar-refractivity contribution >= 4 is 29.9 Å². The third-order valence-corrected chi connectivity index (χ3v) is 6.08. The SMILES string of the molecule is CN=C(NCC(C)(C)N1CCOCC1)NC1CCN(Cc2ccc(C(F)(F)F)cc2)C1.I. The van der Waals surface area contributed by atoms with E-state index in [9.17, 15) is 13.2 Å². The largest absolute Gasteiger partial charge is 0.416 e. The van der Waals surface area contributed by atoms with Gasteiger partial charge in [0.05, 0.1) is 18.8 Å². The van der Waals surface area contributed by atoms with Gasteiger partial charge >= 0.3 is 6.18 Å². The zero-order chi connectivity index (χ0) is 22.5. The Labute approximate surface area is 206 Å². The molecule has 0 aromatic heterocycles. The van der Waals surface area contributed by atoms with Crippen LogP contribution in [0.15, 0.2) is 29.3 Å². The minimum Gasteiger partial charge on any atom is -0.379 e. The summed E-state index contributed by atoms with van der Waals surface area (Å²) in [5, 5.41) is 6.94. The number of hydrogen-bond donors (Lipinski definition) is 2. The highest BCUT2D eigenvalue weighted by molar-refractivity contribution is 14.0. The Bertz CT molecular complexity index is 736. The highest BCUT2D eigenvalue weighted by Crippen LogP contribution is 2.29. The molecule has 0 saturated carbocycles. The van der Waals surface area contributed by atoms with Crippen molar-refractivity contribution in [2.75, 3.05) is 53.0 Å². The van der Waals surface area contributed by atoms with E-state index in [1.54, 1.807) is 19.2 Å². The Hall–Kier alpha value is -1.11. The lowest BCUT2D eigenvalue weighted by Crippen LogP contribution is -2.57. The lowest BCUT2D eigenvalue weighted by Gasteiger charge is -2.41. The number of rotatable bonds is 6. The molecule has 2 N–H and O–H groups in total. The van der Waals surface area contributed by atoms with Crippen LogP contribution in [-0.4, -0.2) is 80.3 Å². The first kappa shape index (κ1) is 27.1. The molecule has 0 radical (unpaired) electrons. The number of benzene rings is 1. The highest BCUT2D eigenvalue weighted by Gasteiger charge is 2.31. The van der Waals surface area contributed by atoms with Gasteiger partial charge in [-0.05, 0) is 38.0 Å². The number of halogens is 4. The van der Waals surface area contributed by atoms with E-state index in [1.807, 2.05) is 0 Å². The molecule has 2 heterocycles. The van der Waals surface area contributed by atoms with Gasteiger partial charge in [-0.15, -0.1) is 24.0 Å². The molecular formula is C22H35F3IN5O. The van der Waals surface area contributed by atoms with Gasteiger partial charge in [0.1, 0.15) is 0 Å². The molecule has 1 aromatic rings. The predicted molar refractivity (Wildman–Crippen MR) is 132 cm³/mol. The first-order valence-electron chi connectivity index (χ1n) is 10.9. The summed E-state index contributed by atoms with van der Waals surface area (Å²) in [4.78, 5) is 9.05. The maximum absolute atomic E-state index is 12.7. The quantitative estimate of drug-likeness (QED) is 0.314. The molecule has 1 aromatic carbocycles. The molecule has 2 aliphatic rings. The zero-order valence-electron chi connectivity index (χ0n) is 19.0. The van der Waals surface area contributed by atoms with Gasteiger partial charge in [-0.25, -0.2) is 0 Å². The van der Waals surface area contributed by atoms with E-state index in [2.05, 4.69) is 39.3 Å². The standard InChI is InChI=1S/C22H34F3N5O.HI/c1-21(2,30-10-12-31-13-11-30)16-27-20(26-3)28-19-8-9-29(15-19)14-17-4-6-18(7-5-17)22(23,24)25;/h4-7,19H,8-16H2,1-3H3,(H2,26,27,28);1H. The molecule has 10 heteroatoms. The molecule has 32 heavy (non-hydrogen) atoms. The molecule has 2 saturated heterocycles. The van der Waals surface area contributed by atoms with Crippen molar-refractivity contribution in [1.29, 1.82) is 0 Å². The van der Waals surface area contributed by atoms with Crippen LogP contribution in [0.2, 0.25) is 0 Å². The van der Waals surface area contributed by atoms with Crippen LogP contribution in [0.4, 0.5) is 13.2 Å². The van der Waals surface area contributed by atoms with Crippen LogP contribution >= 0.6 is 24.0 Å². The van der Waals surface area contributed by atoms with Crippen molar-refractivity contribution in [2.45, 2.75) is 44.6 Å². The van der Waals surface area contributed by atoms with Crippen molar-refractivity contribution in [1.82, 2.24) is 20.4 Å². The summed E-state index contributed by atoms with van der Waals surface area (Å²) in [6.45, 7) is 11.0. The van der Waals surface area contributed by atoms with Gasteiger partial charge in [0.2, 0.25) is 0 Å². The van der Waals surface area contributed by atoms with Crippen LogP contribution < -0.4 is 10.6 Å². The summed E-state index contributed by atoms with van der Waals surface area (Å²) in [5.41, 5.74) is 0.279. The van der Waals surface area contributed by atoms with Gasteiger partial charge in [0.15, 0.2) is 5.96 Å². The first-order valence-corrected chi connectivity index (χ1v) is 10.9. The fourth-order valence-electron chi connectivity index (χ4n) is 4.12. The summed E-state index contributed by atoms with van der Waals surface area (Å²) < 4.78 is 43.6. The monoisotopic (exact) mass is 569 g/mol. The van der Waals surface area contributed by atoms with Crippen LogP contribution in [0.1, 0.15) is 31.4 Å². The molecule has 0 bridgehead atoms. The summed E-state index contributed by atoms with van der Waals surface area (Å²) >= 11 is 0. The molecule has 6 nitrogen and oxygen atoms in total. The third kappa shape index (κ3) is 7.74. The number of hydrogen-bond acceptors (Lipinski definition) is 4. The molecule has 0 amide bonds. The maximum atomic E-state index is 12.7.